The highest BCUT2D eigenvalue weighted by atomic mass is 32.2. The molecule has 6 heteroatoms. The van der Waals surface area contributed by atoms with Crippen LogP contribution < -0.4 is 5.63 Å². The van der Waals surface area contributed by atoms with Crippen LogP contribution in [0.1, 0.15) is 23.9 Å². The van der Waals surface area contributed by atoms with Crippen molar-refractivity contribution in [3.05, 3.63) is 82.0 Å². The van der Waals surface area contributed by atoms with E-state index >= 15 is 0 Å². The lowest BCUT2D eigenvalue weighted by Gasteiger charge is -2.09. The molecule has 0 radical (unpaired) electrons. The Morgan fingerprint density at radius 3 is 2.67 bits per heavy atom. The molecule has 0 atom stereocenters. The van der Waals surface area contributed by atoms with Crippen molar-refractivity contribution in [2.24, 2.45) is 0 Å². The fraction of sp³-hybridized carbons (Fsp3) is 0.190. The van der Waals surface area contributed by atoms with Crippen LogP contribution in [0.15, 0.2) is 69.0 Å². The monoisotopic (exact) mass is 377 g/mol. The van der Waals surface area contributed by atoms with Crippen LogP contribution in [0.3, 0.4) is 0 Å². The van der Waals surface area contributed by atoms with Gasteiger partial charge in [-0.3, -0.25) is 4.57 Å². The number of hydrogen-bond acceptors (Lipinski definition) is 5. The number of aromatic nitrogens is 3. The molecule has 0 spiro atoms. The van der Waals surface area contributed by atoms with E-state index in [0.29, 0.717) is 11.3 Å². The Balaban J connectivity index is 1.68. The van der Waals surface area contributed by atoms with E-state index in [1.54, 1.807) is 17.8 Å². The first-order valence-electron chi connectivity index (χ1n) is 8.81. The number of fused-ring (bicyclic) bond motifs is 1. The molecule has 0 saturated heterocycles. The molecule has 0 aliphatic carbocycles. The highest BCUT2D eigenvalue weighted by Crippen LogP contribution is 2.28. The standard InChI is InChI=1S/C21H19N3O2S/c1-3-15-9-10-18-16(12-20(25)26-19(18)11-15)13-27-21-23-22-14(2)24(21)17-7-5-4-6-8-17/h4-12H,3,13H2,1-2H3. The summed E-state index contributed by atoms with van der Waals surface area (Å²) in [5.41, 5.74) is 3.42. The Morgan fingerprint density at radius 1 is 1.07 bits per heavy atom. The molecule has 4 aromatic rings. The van der Waals surface area contributed by atoms with Gasteiger partial charge < -0.3 is 4.42 Å². The zero-order valence-electron chi connectivity index (χ0n) is 15.2. The Hall–Kier alpha value is -2.86. The Kier molecular flexibility index (Phi) is 4.81. The molecule has 4 rings (SSSR count). The van der Waals surface area contributed by atoms with Gasteiger partial charge in [-0.15, -0.1) is 10.2 Å². The summed E-state index contributed by atoms with van der Waals surface area (Å²) in [6.07, 6.45) is 0.901. The lowest BCUT2D eigenvalue weighted by molar-refractivity contribution is 0.559. The maximum atomic E-state index is 12.0. The first-order chi connectivity index (χ1) is 13.2. The van der Waals surface area contributed by atoms with Gasteiger partial charge >= 0.3 is 5.63 Å². The number of para-hydroxylation sites is 1. The molecule has 0 saturated carbocycles. The minimum atomic E-state index is -0.327. The van der Waals surface area contributed by atoms with E-state index in [9.17, 15) is 4.79 Å². The molecule has 0 aliphatic rings. The van der Waals surface area contributed by atoms with Crippen molar-refractivity contribution in [1.82, 2.24) is 14.8 Å². The van der Waals surface area contributed by atoms with Crippen molar-refractivity contribution in [3.8, 4) is 5.69 Å². The summed E-state index contributed by atoms with van der Waals surface area (Å²) < 4.78 is 7.42. The molecule has 0 amide bonds. The third kappa shape index (κ3) is 3.53. The summed E-state index contributed by atoms with van der Waals surface area (Å²) in [7, 11) is 0. The first kappa shape index (κ1) is 17.5. The number of benzene rings is 2. The zero-order chi connectivity index (χ0) is 18.8. The molecule has 0 unspecified atom stereocenters. The van der Waals surface area contributed by atoms with E-state index in [2.05, 4.69) is 23.2 Å². The van der Waals surface area contributed by atoms with E-state index in [-0.39, 0.29) is 5.63 Å². The lowest BCUT2D eigenvalue weighted by Crippen LogP contribution is -2.02. The SMILES string of the molecule is CCc1ccc2c(CSc3nnc(C)n3-c3ccccc3)cc(=O)oc2c1. The maximum absolute atomic E-state index is 12.0. The number of thioether (sulfide) groups is 1. The summed E-state index contributed by atoms with van der Waals surface area (Å²) in [6.45, 7) is 4.01. The summed E-state index contributed by atoms with van der Waals surface area (Å²) in [5, 5.41) is 10.3. The van der Waals surface area contributed by atoms with Crippen LogP contribution in [0.2, 0.25) is 0 Å². The van der Waals surface area contributed by atoms with Crippen LogP contribution in [0.25, 0.3) is 16.7 Å². The molecule has 136 valence electrons. The Bertz CT molecular complexity index is 1150. The summed E-state index contributed by atoms with van der Waals surface area (Å²) in [6, 6.07) is 17.6. The van der Waals surface area contributed by atoms with Gasteiger partial charge in [-0.25, -0.2) is 4.79 Å². The summed E-state index contributed by atoms with van der Waals surface area (Å²) in [4.78, 5) is 12.0. The highest BCUT2D eigenvalue weighted by Gasteiger charge is 2.13. The van der Waals surface area contributed by atoms with Gasteiger partial charge in [-0.1, -0.05) is 49.0 Å². The lowest BCUT2D eigenvalue weighted by atomic mass is 10.1. The quantitative estimate of drug-likeness (QED) is 0.377. The third-order valence-electron chi connectivity index (χ3n) is 4.47. The number of hydrogen-bond donors (Lipinski definition) is 0. The number of aryl methyl sites for hydroxylation is 2. The van der Waals surface area contributed by atoms with Crippen molar-refractivity contribution < 1.29 is 4.42 Å². The van der Waals surface area contributed by atoms with Crippen LogP contribution in [0.5, 0.6) is 0 Å². The van der Waals surface area contributed by atoms with Crippen LogP contribution in [-0.2, 0) is 12.2 Å². The minimum absolute atomic E-state index is 0.327. The van der Waals surface area contributed by atoms with E-state index < -0.39 is 0 Å². The van der Waals surface area contributed by atoms with Gasteiger partial charge in [0, 0.05) is 22.9 Å². The van der Waals surface area contributed by atoms with Gasteiger partial charge in [0.05, 0.1) is 0 Å². The molecule has 27 heavy (non-hydrogen) atoms. The van der Waals surface area contributed by atoms with Crippen molar-refractivity contribution in [2.45, 2.75) is 31.2 Å². The van der Waals surface area contributed by atoms with E-state index in [4.69, 9.17) is 4.42 Å². The normalized spacial score (nSPS) is 11.2. The van der Waals surface area contributed by atoms with Gasteiger partial charge in [0.1, 0.15) is 11.4 Å². The molecule has 0 aliphatic heterocycles. The van der Waals surface area contributed by atoms with Crippen molar-refractivity contribution >= 4 is 22.7 Å². The fourth-order valence-electron chi connectivity index (χ4n) is 3.07. The fourth-order valence-corrected chi connectivity index (χ4v) is 4.06. The van der Waals surface area contributed by atoms with Crippen molar-refractivity contribution in [3.63, 3.8) is 0 Å². The molecule has 0 fully saturated rings. The summed E-state index contributed by atoms with van der Waals surface area (Å²) >= 11 is 1.56. The van der Waals surface area contributed by atoms with Gasteiger partial charge in [0.2, 0.25) is 0 Å². The highest BCUT2D eigenvalue weighted by molar-refractivity contribution is 7.98. The van der Waals surface area contributed by atoms with Gasteiger partial charge in [0.15, 0.2) is 5.16 Å². The molecular weight excluding hydrogens is 358 g/mol. The van der Waals surface area contributed by atoms with Crippen molar-refractivity contribution in [1.29, 1.82) is 0 Å². The Labute approximate surface area is 161 Å². The number of rotatable bonds is 5. The van der Waals surface area contributed by atoms with Gasteiger partial charge in [-0.05, 0) is 42.7 Å². The molecule has 2 aromatic carbocycles. The second-order valence-corrected chi connectivity index (χ2v) is 7.21. The van der Waals surface area contributed by atoms with Crippen molar-refractivity contribution in [2.75, 3.05) is 0 Å². The molecule has 2 aromatic heterocycles. The van der Waals surface area contributed by atoms with Crippen LogP contribution >= 0.6 is 11.8 Å². The minimum Gasteiger partial charge on any atom is -0.423 e. The number of nitrogens with zero attached hydrogens (tertiary/aromatic N) is 3. The van der Waals surface area contributed by atoms with E-state index in [1.165, 1.54) is 0 Å². The van der Waals surface area contributed by atoms with E-state index in [1.807, 2.05) is 54.0 Å². The average Bonchev–Trinajstić information content (AvgIpc) is 3.06. The van der Waals surface area contributed by atoms with E-state index in [0.717, 1.165) is 39.6 Å². The average molecular weight is 377 g/mol. The smallest absolute Gasteiger partial charge is 0.336 e. The van der Waals surface area contributed by atoms with Crippen LogP contribution in [0.4, 0.5) is 0 Å². The van der Waals surface area contributed by atoms with Gasteiger partial charge in [0.25, 0.3) is 0 Å². The second kappa shape index (κ2) is 7.40. The third-order valence-corrected chi connectivity index (χ3v) is 5.45. The first-order valence-corrected chi connectivity index (χ1v) is 9.80. The molecule has 0 N–H and O–H groups in total. The molecule has 0 bridgehead atoms. The van der Waals surface area contributed by atoms with Gasteiger partial charge in [-0.2, -0.15) is 0 Å². The molecule has 2 heterocycles. The Morgan fingerprint density at radius 2 is 1.89 bits per heavy atom. The molecule has 5 nitrogen and oxygen atoms in total. The topological polar surface area (TPSA) is 60.9 Å². The maximum Gasteiger partial charge on any atom is 0.336 e. The summed E-state index contributed by atoms with van der Waals surface area (Å²) in [5.74, 6) is 1.44. The zero-order valence-corrected chi connectivity index (χ0v) is 16.0. The second-order valence-electron chi connectivity index (χ2n) is 6.26. The largest absolute Gasteiger partial charge is 0.423 e. The van der Waals surface area contributed by atoms with Crippen LogP contribution in [0, 0.1) is 6.92 Å². The van der Waals surface area contributed by atoms with Crippen LogP contribution in [-0.4, -0.2) is 14.8 Å². The molecular formula is C21H19N3O2S. The predicted molar refractivity (Wildman–Crippen MR) is 108 cm³/mol. The predicted octanol–water partition coefficient (Wildman–Crippen LogP) is 4.54.